The summed E-state index contributed by atoms with van der Waals surface area (Å²) >= 11 is 1.06. The van der Waals surface area contributed by atoms with Crippen LogP contribution in [0.25, 0.3) is 21.5 Å². The van der Waals surface area contributed by atoms with Gasteiger partial charge in [0.2, 0.25) is 0 Å². The van der Waals surface area contributed by atoms with Crippen molar-refractivity contribution in [2.24, 2.45) is 0 Å². The van der Waals surface area contributed by atoms with Gasteiger partial charge >= 0.3 is 28.2 Å². The number of hydrogen-bond acceptors (Lipinski definition) is 0. The third-order valence-electron chi connectivity index (χ3n) is 4.98. The van der Waals surface area contributed by atoms with Gasteiger partial charge in [-0.3, -0.25) is 0 Å². The second-order valence-corrected chi connectivity index (χ2v) is 9.17. The Kier molecular flexibility index (Phi) is 11.7. The van der Waals surface area contributed by atoms with Crippen molar-refractivity contribution in [2.45, 2.75) is 52.4 Å². The Labute approximate surface area is 209 Å². The van der Waals surface area contributed by atoms with Crippen LogP contribution >= 0.6 is 0 Å². The summed E-state index contributed by atoms with van der Waals surface area (Å²) in [6.45, 7) is 13.6. The molecule has 4 aromatic rings. The molecule has 0 atom stereocenters. The quantitative estimate of drug-likeness (QED) is 0.212. The zero-order valence-electron chi connectivity index (χ0n) is 18.9. The minimum absolute atomic E-state index is 0. The second-order valence-electron chi connectivity index (χ2n) is 9.17. The van der Waals surface area contributed by atoms with Crippen LogP contribution < -0.4 is 24.8 Å². The van der Waals surface area contributed by atoms with Crippen LogP contribution in [-0.2, 0) is 34.7 Å². The topological polar surface area (TPSA) is 0 Å². The van der Waals surface area contributed by atoms with E-state index in [9.17, 15) is 0 Å². The molecule has 0 saturated carbocycles. The van der Waals surface area contributed by atoms with Crippen molar-refractivity contribution in [1.29, 1.82) is 0 Å². The number of rotatable bonds is 0. The molecule has 160 valence electrons. The van der Waals surface area contributed by atoms with E-state index in [2.05, 4.69) is 119 Å². The monoisotopic (exact) mass is 606 g/mol. The van der Waals surface area contributed by atoms with Gasteiger partial charge in [-0.1, -0.05) is 64.5 Å². The molecule has 0 heterocycles. The van der Waals surface area contributed by atoms with E-state index in [1.54, 1.807) is 0 Å². The molecule has 4 aromatic carbocycles. The summed E-state index contributed by atoms with van der Waals surface area (Å²) in [6, 6.07) is 26.0. The fourth-order valence-corrected chi connectivity index (χ4v) is 3.61. The standard InChI is InChI=1S/2C13H15.CH2.2ClH.Hf/c2*1-13(2,3)12-9-8-10-6-4-5-7-11(10)12;;;;/h2*4-9H,1-3H3;1H2;2*1H;/q2*-1;;;;+2/p-2. The maximum Gasteiger partial charge on any atom is -1.00 e. The molecule has 0 amide bonds. The Morgan fingerprint density at radius 3 is 1.20 bits per heavy atom. The molecule has 0 N–H and O–H groups in total. The van der Waals surface area contributed by atoms with Crippen molar-refractivity contribution in [2.75, 3.05) is 0 Å². The van der Waals surface area contributed by atoms with Crippen molar-refractivity contribution >= 4 is 25.8 Å². The number of benzene rings is 2. The van der Waals surface area contributed by atoms with Gasteiger partial charge < -0.3 is 24.8 Å². The van der Waals surface area contributed by atoms with Gasteiger partial charge in [-0.15, -0.1) is 93.3 Å². The Morgan fingerprint density at radius 2 is 0.900 bits per heavy atom. The predicted molar refractivity (Wildman–Crippen MR) is 124 cm³/mol. The van der Waals surface area contributed by atoms with E-state index in [1.165, 1.54) is 32.7 Å². The summed E-state index contributed by atoms with van der Waals surface area (Å²) in [7, 11) is 0. The summed E-state index contributed by atoms with van der Waals surface area (Å²) in [5.74, 6) is 0. The fraction of sp³-hybridized carbons (Fsp3) is 0.296. The molecule has 0 radical (unpaired) electrons. The van der Waals surface area contributed by atoms with Crippen LogP contribution in [0.4, 0.5) is 0 Å². The molecular formula is C27H32Cl2Hf-2. The molecule has 0 spiro atoms. The van der Waals surface area contributed by atoms with Crippen molar-refractivity contribution < 1.29 is 48.7 Å². The van der Waals surface area contributed by atoms with Crippen molar-refractivity contribution in [3.05, 3.63) is 83.9 Å². The SMILES string of the molecule is CC(C)(C)c1c[cH-]c2ccccc12.CC(C)(C)c1c[cH-]c2ccccc12.[CH2]=[Hf+2].[Cl-].[Cl-]. The Hall–Kier alpha value is -1.02. The van der Waals surface area contributed by atoms with Crippen LogP contribution in [0, 0.1) is 0 Å². The van der Waals surface area contributed by atoms with Crippen molar-refractivity contribution in [3.8, 4) is 0 Å². The van der Waals surface area contributed by atoms with Crippen LogP contribution in [0.15, 0.2) is 72.8 Å². The first-order valence-corrected chi connectivity index (χ1v) is 12.4. The molecule has 0 aromatic heterocycles. The van der Waals surface area contributed by atoms with Gasteiger partial charge in [0.15, 0.2) is 0 Å². The molecule has 3 heteroatoms. The van der Waals surface area contributed by atoms with Crippen LogP contribution in [-0.4, -0.2) is 4.26 Å². The van der Waals surface area contributed by atoms with E-state index >= 15 is 0 Å². The van der Waals surface area contributed by atoms with Crippen LogP contribution in [0.5, 0.6) is 0 Å². The summed E-state index contributed by atoms with van der Waals surface area (Å²) in [4.78, 5) is 0. The van der Waals surface area contributed by atoms with E-state index in [1.807, 2.05) is 0 Å². The molecule has 0 aliphatic heterocycles. The second kappa shape index (κ2) is 12.1. The van der Waals surface area contributed by atoms with Gasteiger partial charge in [-0.2, -0.15) is 0 Å². The summed E-state index contributed by atoms with van der Waals surface area (Å²) in [6.07, 6.45) is 0. The van der Waals surface area contributed by atoms with Gasteiger partial charge in [0.05, 0.1) is 0 Å². The maximum atomic E-state index is 3.39. The Balaban J connectivity index is 0.000000488. The largest absolute Gasteiger partial charge is 1.00 e. The van der Waals surface area contributed by atoms with Crippen molar-refractivity contribution in [1.82, 2.24) is 0 Å². The smallest absolute Gasteiger partial charge is 1.00 e. The maximum absolute atomic E-state index is 3.39. The molecular weight excluding hydrogens is 574 g/mol. The molecule has 30 heavy (non-hydrogen) atoms. The number of hydrogen-bond donors (Lipinski definition) is 0. The fourth-order valence-electron chi connectivity index (χ4n) is 3.61. The zero-order valence-corrected chi connectivity index (χ0v) is 24.0. The summed E-state index contributed by atoms with van der Waals surface area (Å²) in [5.41, 5.74) is 3.40. The molecule has 0 aliphatic carbocycles. The van der Waals surface area contributed by atoms with Crippen LogP contribution in [0.3, 0.4) is 0 Å². The van der Waals surface area contributed by atoms with Gasteiger partial charge in [-0.25, -0.2) is 0 Å². The van der Waals surface area contributed by atoms with E-state index in [0.29, 0.717) is 0 Å². The first kappa shape index (κ1) is 29.0. The van der Waals surface area contributed by atoms with Gasteiger partial charge in [0, 0.05) is 0 Å². The molecule has 4 rings (SSSR count). The minimum atomic E-state index is 0. The van der Waals surface area contributed by atoms with Crippen LogP contribution in [0.2, 0.25) is 0 Å². The third-order valence-corrected chi connectivity index (χ3v) is 4.98. The van der Waals surface area contributed by atoms with E-state index in [4.69, 9.17) is 0 Å². The van der Waals surface area contributed by atoms with E-state index in [-0.39, 0.29) is 35.6 Å². The Morgan fingerprint density at radius 1 is 0.600 bits per heavy atom. The predicted octanol–water partition coefficient (Wildman–Crippen LogP) is 1.69. The first-order chi connectivity index (χ1) is 13.2. The van der Waals surface area contributed by atoms with E-state index < -0.39 is 0 Å². The number of fused-ring (bicyclic) bond motifs is 2. The first-order valence-electron chi connectivity index (χ1n) is 9.83. The average Bonchev–Trinajstić information content (AvgIpc) is 3.27. The molecule has 0 bridgehead atoms. The van der Waals surface area contributed by atoms with Gasteiger partial charge in [0.1, 0.15) is 0 Å². The number of halogens is 2. The molecule has 0 unspecified atom stereocenters. The Bertz CT molecular complexity index is 942. The third kappa shape index (κ3) is 7.01. The molecule has 0 saturated heterocycles. The summed E-state index contributed by atoms with van der Waals surface area (Å²) in [5, 5.41) is 5.50. The molecule has 0 nitrogen and oxygen atoms in total. The van der Waals surface area contributed by atoms with Crippen LogP contribution in [0.1, 0.15) is 52.7 Å². The average molecular weight is 606 g/mol. The normalized spacial score (nSPS) is 10.8. The summed E-state index contributed by atoms with van der Waals surface area (Å²) < 4.78 is 3.39. The molecule has 0 fully saturated rings. The van der Waals surface area contributed by atoms with Crippen molar-refractivity contribution in [3.63, 3.8) is 0 Å². The van der Waals surface area contributed by atoms with E-state index in [0.717, 1.165) is 23.9 Å². The van der Waals surface area contributed by atoms with Gasteiger partial charge in [-0.05, 0) is 0 Å². The zero-order chi connectivity index (χ0) is 20.9. The minimum Gasteiger partial charge on any atom is -1.00 e. The van der Waals surface area contributed by atoms with Gasteiger partial charge in [0.25, 0.3) is 0 Å². The molecule has 0 aliphatic rings.